The highest BCUT2D eigenvalue weighted by atomic mass is 35.5. The minimum Gasteiger partial charge on any atom is -0.484 e. The molecule has 4 aromatic rings. The molecule has 1 aromatic heterocycles. The number of benzene rings is 3. The lowest BCUT2D eigenvalue weighted by Gasteiger charge is -2.10. The third kappa shape index (κ3) is 5.17. The highest BCUT2D eigenvalue weighted by Gasteiger charge is 2.16. The van der Waals surface area contributed by atoms with Gasteiger partial charge in [-0.2, -0.15) is 0 Å². The number of para-hydroxylation sites is 1. The Kier molecular flexibility index (Phi) is 6.42. The van der Waals surface area contributed by atoms with Crippen molar-refractivity contribution in [3.05, 3.63) is 81.8 Å². The maximum absolute atomic E-state index is 12.4. The zero-order valence-electron chi connectivity index (χ0n) is 15.8. The van der Waals surface area contributed by atoms with Crippen LogP contribution < -0.4 is 10.1 Å². The number of amides is 1. The Morgan fingerprint density at radius 2 is 1.65 bits per heavy atom. The van der Waals surface area contributed by atoms with Crippen LogP contribution in [0.5, 0.6) is 5.75 Å². The molecule has 0 aliphatic rings. The van der Waals surface area contributed by atoms with E-state index in [1.165, 1.54) is 0 Å². The van der Waals surface area contributed by atoms with E-state index in [9.17, 15) is 4.79 Å². The van der Waals surface area contributed by atoms with Gasteiger partial charge < -0.3 is 14.5 Å². The summed E-state index contributed by atoms with van der Waals surface area (Å²) in [6.07, 6.45) is 0. The summed E-state index contributed by atoms with van der Waals surface area (Å²) in [6.45, 7) is -0.172. The monoisotopic (exact) mass is 473 g/mol. The topological polar surface area (TPSA) is 77.2 Å². The second kappa shape index (κ2) is 9.39. The van der Waals surface area contributed by atoms with E-state index in [4.69, 9.17) is 44.0 Å². The molecular formula is C22H14Cl3N3O3. The summed E-state index contributed by atoms with van der Waals surface area (Å²) in [5.74, 6) is 0.721. The molecule has 31 heavy (non-hydrogen) atoms. The van der Waals surface area contributed by atoms with E-state index < -0.39 is 0 Å². The predicted octanol–water partition coefficient (Wildman–Crippen LogP) is 6.38. The van der Waals surface area contributed by atoms with E-state index in [1.807, 2.05) is 0 Å². The highest BCUT2D eigenvalue weighted by Crippen LogP contribution is 2.32. The van der Waals surface area contributed by atoms with Gasteiger partial charge in [0.15, 0.2) is 6.61 Å². The first-order valence-corrected chi connectivity index (χ1v) is 10.2. The van der Waals surface area contributed by atoms with Crippen LogP contribution in [0, 0.1) is 0 Å². The van der Waals surface area contributed by atoms with Crippen molar-refractivity contribution in [3.8, 4) is 28.7 Å². The maximum Gasteiger partial charge on any atom is 0.262 e. The highest BCUT2D eigenvalue weighted by molar-refractivity contribution is 6.42. The van der Waals surface area contributed by atoms with E-state index in [-0.39, 0.29) is 24.3 Å². The first-order chi connectivity index (χ1) is 15.0. The summed E-state index contributed by atoms with van der Waals surface area (Å²) in [7, 11) is 0. The summed E-state index contributed by atoms with van der Waals surface area (Å²) in [4.78, 5) is 12.4. The molecule has 1 N–H and O–H groups in total. The van der Waals surface area contributed by atoms with Gasteiger partial charge in [-0.3, -0.25) is 4.79 Å². The lowest BCUT2D eigenvalue weighted by Crippen LogP contribution is -2.20. The van der Waals surface area contributed by atoms with E-state index >= 15 is 0 Å². The molecule has 1 heterocycles. The maximum atomic E-state index is 12.4. The number of anilines is 1. The molecule has 0 saturated heterocycles. The fourth-order valence-electron chi connectivity index (χ4n) is 2.72. The number of carbonyl (C=O) groups is 1. The van der Waals surface area contributed by atoms with Crippen molar-refractivity contribution in [1.29, 1.82) is 0 Å². The van der Waals surface area contributed by atoms with Crippen LogP contribution in [-0.4, -0.2) is 22.7 Å². The van der Waals surface area contributed by atoms with Gasteiger partial charge in [0, 0.05) is 10.6 Å². The number of nitrogens with zero attached hydrogens (tertiary/aromatic N) is 2. The number of nitrogens with one attached hydrogen (secondary N) is 1. The van der Waals surface area contributed by atoms with Gasteiger partial charge in [0.25, 0.3) is 5.91 Å². The molecule has 156 valence electrons. The number of carbonyl (C=O) groups excluding carboxylic acids is 1. The molecule has 0 spiro atoms. The normalized spacial score (nSPS) is 10.7. The second-order valence-electron chi connectivity index (χ2n) is 6.38. The first kappa shape index (κ1) is 21.2. The molecule has 0 fully saturated rings. The van der Waals surface area contributed by atoms with Gasteiger partial charge in [0.2, 0.25) is 11.8 Å². The summed E-state index contributed by atoms with van der Waals surface area (Å²) >= 11 is 17.9. The van der Waals surface area contributed by atoms with E-state index in [0.717, 1.165) is 0 Å². The quantitative estimate of drug-likeness (QED) is 0.351. The second-order valence-corrected chi connectivity index (χ2v) is 7.63. The average Bonchev–Trinajstić information content (AvgIpc) is 3.26. The number of aromatic nitrogens is 2. The molecule has 0 aliphatic heterocycles. The molecule has 0 unspecified atom stereocenters. The first-order valence-electron chi connectivity index (χ1n) is 9.06. The molecule has 0 bridgehead atoms. The standard InChI is InChI=1S/C22H14Cl3N3O3/c23-14-6-8-15(9-7-14)30-12-20(29)26-19-4-2-1-3-16(19)22-28-27-21(31-22)13-5-10-17(24)18(25)11-13/h1-11H,12H2,(H,26,29). The summed E-state index contributed by atoms with van der Waals surface area (Å²) in [6, 6.07) is 18.9. The third-order valence-corrected chi connectivity index (χ3v) is 5.20. The molecule has 3 aromatic carbocycles. The summed E-state index contributed by atoms with van der Waals surface area (Å²) in [5, 5.41) is 12.4. The molecular weight excluding hydrogens is 461 g/mol. The van der Waals surface area contributed by atoms with Gasteiger partial charge in [-0.25, -0.2) is 0 Å². The fourth-order valence-corrected chi connectivity index (χ4v) is 3.15. The van der Waals surface area contributed by atoms with Crippen LogP contribution in [0.2, 0.25) is 15.1 Å². The van der Waals surface area contributed by atoms with Crippen LogP contribution in [0.1, 0.15) is 0 Å². The Bertz CT molecular complexity index is 1230. The number of halogens is 3. The van der Waals surface area contributed by atoms with Crippen molar-refractivity contribution in [2.45, 2.75) is 0 Å². The molecule has 0 aliphatic carbocycles. The summed E-state index contributed by atoms with van der Waals surface area (Å²) in [5.41, 5.74) is 1.71. The Morgan fingerprint density at radius 1 is 0.903 bits per heavy atom. The van der Waals surface area contributed by atoms with Gasteiger partial charge in [-0.15, -0.1) is 10.2 Å². The summed E-state index contributed by atoms with van der Waals surface area (Å²) < 4.78 is 11.3. The third-order valence-electron chi connectivity index (χ3n) is 4.21. The number of hydrogen-bond acceptors (Lipinski definition) is 5. The van der Waals surface area contributed by atoms with Crippen molar-refractivity contribution in [3.63, 3.8) is 0 Å². The fraction of sp³-hybridized carbons (Fsp3) is 0.0455. The number of hydrogen-bond donors (Lipinski definition) is 1. The molecule has 0 saturated carbocycles. The minimum atomic E-state index is -0.341. The van der Waals surface area contributed by atoms with Gasteiger partial charge in [-0.1, -0.05) is 46.9 Å². The smallest absolute Gasteiger partial charge is 0.262 e. The van der Waals surface area contributed by atoms with Crippen LogP contribution in [0.25, 0.3) is 22.9 Å². The van der Waals surface area contributed by atoms with Gasteiger partial charge in [0.05, 0.1) is 21.3 Å². The molecule has 6 nitrogen and oxygen atoms in total. The van der Waals surface area contributed by atoms with E-state index in [0.29, 0.717) is 37.6 Å². The Hall–Kier alpha value is -3.06. The molecule has 4 rings (SSSR count). The van der Waals surface area contributed by atoms with E-state index in [1.54, 1.807) is 66.7 Å². The SMILES string of the molecule is O=C(COc1ccc(Cl)cc1)Nc1ccccc1-c1nnc(-c2ccc(Cl)c(Cl)c2)o1. The van der Waals surface area contributed by atoms with Crippen molar-refractivity contribution >= 4 is 46.4 Å². The Morgan fingerprint density at radius 3 is 2.42 bits per heavy atom. The van der Waals surface area contributed by atoms with Crippen LogP contribution in [0.3, 0.4) is 0 Å². The number of ether oxygens (including phenoxy) is 1. The molecule has 1 amide bonds. The van der Waals surface area contributed by atoms with Crippen LogP contribution >= 0.6 is 34.8 Å². The largest absolute Gasteiger partial charge is 0.484 e. The van der Waals surface area contributed by atoms with Gasteiger partial charge in [0.1, 0.15) is 5.75 Å². The molecule has 0 atom stereocenters. The molecule has 0 radical (unpaired) electrons. The lowest BCUT2D eigenvalue weighted by atomic mass is 10.1. The van der Waals surface area contributed by atoms with Crippen LogP contribution in [0.15, 0.2) is 71.1 Å². The van der Waals surface area contributed by atoms with E-state index in [2.05, 4.69) is 15.5 Å². The van der Waals surface area contributed by atoms with Crippen LogP contribution in [-0.2, 0) is 4.79 Å². The Labute approximate surface area is 192 Å². The zero-order valence-corrected chi connectivity index (χ0v) is 18.1. The van der Waals surface area contributed by atoms with Crippen LogP contribution in [0.4, 0.5) is 5.69 Å². The molecule has 9 heteroatoms. The van der Waals surface area contributed by atoms with Crippen molar-refractivity contribution < 1.29 is 13.9 Å². The van der Waals surface area contributed by atoms with Gasteiger partial charge >= 0.3 is 0 Å². The van der Waals surface area contributed by atoms with Crippen molar-refractivity contribution in [2.75, 3.05) is 11.9 Å². The number of rotatable bonds is 6. The van der Waals surface area contributed by atoms with Crippen molar-refractivity contribution in [2.24, 2.45) is 0 Å². The van der Waals surface area contributed by atoms with Gasteiger partial charge in [-0.05, 0) is 54.6 Å². The Balaban J connectivity index is 1.49. The average molecular weight is 475 g/mol. The minimum absolute atomic E-state index is 0.172. The zero-order chi connectivity index (χ0) is 21.8. The van der Waals surface area contributed by atoms with Crippen molar-refractivity contribution in [1.82, 2.24) is 10.2 Å². The predicted molar refractivity (Wildman–Crippen MR) is 121 cm³/mol. The lowest BCUT2D eigenvalue weighted by molar-refractivity contribution is -0.118.